The summed E-state index contributed by atoms with van der Waals surface area (Å²) in [5.74, 6) is 0.970. The van der Waals surface area contributed by atoms with Gasteiger partial charge in [0.1, 0.15) is 22.2 Å². The summed E-state index contributed by atoms with van der Waals surface area (Å²) >= 11 is 0.869. The number of carboxylic acid groups (broad SMARTS) is 1. The molecule has 3 rings (SSSR count). The van der Waals surface area contributed by atoms with Crippen molar-refractivity contribution in [2.45, 2.75) is 25.2 Å². The van der Waals surface area contributed by atoms with E-state index in [0.29, 0.717) is 28.4 Å². The van der Waals surface area contributed by atoms with Crippen LogP contribution < -0.4 is 14.2 Å². The van der Waals surface area contributed by atoms with Crippen molar-refractivity contribution in [3.63, 3.8) is 0 Å². The summed E-state index contributed by atoms with van der Waals surface area (Å²) in [6, 6.07) is 12.3. The summed E-state index contributed by atoms with van der Waals surface area (Å²) in [5.41, 5.74) is 1.30. The Bertz CT molecular complexity index is 1050. The Hall–Kier alpha value is -3.46. The lowest BCUT2D eigenvalue weighted by atomic mass is 10.2. The van der Waals surface area contributed by atoms with Gasteiger partial charge in [0, 0.05) is 11.6 Å². The van der Waals surface area contributed by atoms with E-state index in [1.165, 1.54) is 6.08 Å². The van der Waals surface area contributed by atoms with E-state index in [-0.39, 0.29) is 22.1 Å². The van der Waals surface area contributed by atoms with E-state index in [1.807, 2.05) is 13.8 Å². The second kappa shape index (κ2) is 10.0. The van der Waals surface area contributed by atoms with Crippen LogP contribution in [-0.4, -0.2) is 41.6 Å². The zero-order chi connectivity index (χ0) is 22.4. The van der Waals surface area contributed by atoms with Crippen molar-refractivity contribution < 1.29 is 28.5 Å². The van der Waals surface area contributed by atoms with Crippen molar-refractivity contribution in [2.24, 2.45) is 0 Å². The summed E-state index contributed by atoms with van der Waals surface area (Å²) < 4.78 is 21.8. The molecule has 8 nitrogen and oxygen atoms in total. The highest BCUT2D eigenvalue weighted by molar-refractivity contribution is 8.03. The lowest BCUT2D eigenvalue weighted by molar-refractivity contribution is -0.131. The number of carbonyl (C=O) groups is 1. The highest BCUT2D eigenvalue weighted by Crippen LogP contribution is 2.33. The summed E-state index contributed by atoms with van der Waals surface area (Å²) in [6.07, 6.45) is 1.59. The molecule has 0 atom stereocenters. The van der Waals surface area contributed by atoms with Gasteiger partial charge in [-0.3, -0.25) is 0 Å². The molecule has 0 aliphatic carbocycles. The fourth-order valence-corrected chi connectivity index (χ4v) is 3.27. The van der Waals surface area contributed by atoms with Crippen molar-refractivity contribution in [3.8, 4) is 28.7 Å². The smallest absolute Gasteiger partial charge is 0.342 e. The molecule has 0 aliphatic heterocycles. The van der Waals surface area contributed by atoms with E-state index in [2.05, 4.69) is 10.2 Å². The van der Waals surface area contributed by atoms with E-state index < -0.39 is 5.97 Å². The van der Waals surface area contributed by atoms with E-state index in [9.17, 15) is 9.90 Å². The fraction of sp³-hybridized carbons (Fsp3) is 0.227. The van der Waals surface area contributed by atoms with Gasteiger partial charge in [-0.1, -0.05) is 12.1 Å². The van der Waals surface area contributed by atoms with Gasteiger partial charge >= 0.3 is 5.97 Å². The number of aliphatic carboxylic acids is 1. The lowest BCUT2D eigenvalue weighted by Gasteiger charge is -2.09. The normalized spacial score (nSPS) is 11.5. The minimum absolute atomic E-state index is 0.0379. The molecule has 0 amide bonds. The van der Waals surface area contributed by atoms with Crippen LogP contribution in [-0.2, 0) is 4.79 Å². The van der Waals surface area contributed by atoms with Crippen molar-refractivity contribution in [1.82, 2.24) is 10.2 Å². The summed E-state index contributed by atoms with van der Waals surface area (Å²) in [5, 5.41) is 17.7. The number of thioether (sulfide) groups is 1. The number of hydrogen-bond donors (Lipinski definition) is 1. The van der Waals surface area contributed by atoms with Crippen molar-refractivity contribution in [2.75, 3.05) is 14.2 Å². The topological polar surface area (TPSA) is 104 Å². The van der Waals surface area contributed by atoms with Gasteiger partial charge in [-0.15, -0.1) is 10.2 Å². The van der Waals surface area contributed by atoms with Crippen LogP contribution in [0.1, 0.15) is 19.4 Å². The van der Waals surface area contributed by atoms with E-state index in [0.717, 1.165) is 11.8 Å². The first-order valence-electron chi connectivity index (χ1n) is 9.34. The van der Waals surface area contributed by atoms with Crippen LogP contribution >= 0.6 is 11.8 Å². The van der Waals surface area contributed by atoms with E-state index in [4.69, 9.17) is 18.6 Å². The van der Waals surface area contributed by atoms with Gasteiger partial charge in [-0.05, 0) is 61.5 Å². The third-order valence-corrected chi connectivity index (χ3v) is 4.81. The van der Waals surface area contributed by atoms with Gasteiger partial charge in [-0.2, -0.15) is 0 Å². The summed E-state index contributed by atoms with van der Waals surface area (Å²) in [4.78, 5) is 11.8. The Kier molecular flexibility index (Phi) is 7.19. The van der Waals surface area contributed by atoms with Crippen LogP contribution in [0, 0.1) is 0 Å². The third-order valence-electron chi connectivity index (χ3n) is 3.96. The van der Waals surface area contributed by atoms with Gasteiger partial charge in [0.25, 0.3) is 5.22 Å². The number of aromatic nitrogens is 2. The van der Waals surface area contributed by atoms with Gasteiger partial charge in [0.2, 0.25) is 5.89 Å². The number of benzene rings is 2. The van der Waals surface area contributed by atoms with Crippen molar-refractivity contribution in [3.05, 3.63) is 52.9 Å². The fourth-order valence-electron chi connectivity index (χ4n) is 2.59. The molecule has 1 N–H and O–H groups in total. The first-order chi connectivity index (χ1) is 14.9. The van der Waals surface area contributed by atoms with Crippen molar-refractivity contribution in [1.29, 1.82) is 0 Å². The second-order valence-corrected chi connectivity index (χ2v) is 7.62. The minimum atomic E-state index is -1.10. The Balaban J connectivity index is 1.81. The van der Waals surface area contributed by atoms with Gasteiger partial charge in [0.05, 0.1) is 20.3 Å². The number of methoxy groups -OCH3 is 2. The van der Waals surface area contributed by atoms with Crippen LogP contribution in [0.2, 0.25) is 0 Å². The first-order valence-corrected chi connectivity index (χ1v) is 10.2. The highest BCUT2D eigenvalue weighted by Gasteiger charge is 2.17. The molecule has 3 aromatic rings. The number of rotatable bonds is 9. The van der Waals surface area contributed by atoms with Gasteiger partial charge < -0.3 is 23.7 Å². The van der Waals surface area contributed by atoms with Gasteiger partial charge in [-0.25, -0.2) is 4.79 Å². The van der Waals surface area contributed by atoms with Crippen LogP contribution in [0.4, 0.5) is 0 Å². The number of hydrogen-bond acceptors (Lipinski definition) is 8. The standard InChI is InChI=1S/C22H22N2O6S/c1-13(2)29-16-7-5-14(6-8-16)9-19(21(25)26)31-22-24-23-20(30-22)15-10-17(27-3)12-18(11-15)28-4/h5-13H,1-4H3,(H,25,26)/b19-9-. The molecular formula is C22H22N2O6S. The third kappa shape index (κ3) is 6.02. The monoisotopic (exact) mass is 442 g/mol. The minimum Gasteiger partial charge on any atom is -0.497 e. The Morgan fingerprint density at radius 2 is 1.68 bits per heavy atom. The Morgan fingerprint density at radius 3 is 2.23 bits per heavy atom. The molecule has 31 heavy (non-hydrogen) atoms. The van der Waals surface area contributed by atoms with E-state index in [1.54, 1.807) is 56.7 Å². The highest BCUT2D eigenvalue weighted by atomic mass is 32.2. The summed E-state index contributed by atoms with van der Waals surface area (Å²) in [6.45, 7) is 3.88. The summed E-state index contributed by atoms with van der Waals surface area (Å²) in [7, 11) is 3.08. The average Bonchev–Trinajstić information content (AvgIpc) is 3.22. The SMILES string of the molecule is COc1cc(OC)cc(-c2nnc(S/C(=C\c3ccc(OC(C)C)cc3)C(=O)O)o2)c1. The van der Waals surface area contributed by atoms with E-state index >= 15 is 0 Å². The molecule has 0 radical (unpaired) electrons. The molecule has 0 aliphatic rings. The molecule has 0 bridgehead atoms. The molecule has 0 saturated heterocycles. The number of carboxylic acids is 1. The zero-order valence-electron chi connectivity index (χ0n) is 17.5. The molecule has 0 unspecified atom stereocenters. The maximum absolute atomic E-state index is 11.7. The van der Waals surface area contributed by atoms with Crippen LogP contribution in [0.5, 0.6) is 17.2 Å². The lowest BCUT2D eigenvalue weighted by Crippen LogP contribution is -2.05. The van der Waals surface area contributed by atoms with Crippen LogP contribution in [0.25, 0.3) is 17.5 Å². The average molecular weight is 442 g/mol. The molecule has 162 valence electrons. The molecule has 1 aromatic heterocycles. The largest absolute Gasteiger partial charge is 0.497 e. The number of ether oxygens (including phenoxy) is 3. The maximum atomic E-state index is 11.7. The van der Waals surface area contributed by atoms with Gasteiger partial charge in [0.15, 0.2) is 0 Å². The zero-order valence-corrected chi connectivity index (χ0v) is 18.3. The second-order valence-electron chi connectivity index (χ2n) is 6.63. The predicted molar refractivity (Wildman–Crippen MR) is 117 cm³/mol. The predicted octanol–water partition coefficient (Wildman–Crippen LogP) is 4.76. The van der Waals surface area contributed by atoms with Crippen molar-refractivity contribution >= 4 is 23.8 Å². The number of nitrogens with zero attached hydrogens (tertiary/aromatic N) is 2. The Morgan fingerprint density at radius 1 is 1.03 bits per heavy atom. The Labute approximate surface area is 183 Å². The first kappa shape index (κ1) is 22.2. The molecule has 9 heteroatoms. The molecule has 1 heterocycles. The van der Waals surface area contributed by atoms with Crippen LogP contribution in [0.3, 0.4) is 0 Å². The molecule has 0 spiro atoms. The maximum Gasteiger partial charge on any atom is 0.342 e. The molecule has 2 aromatic carbocycles. The molecule has 0 fully saturated rings. The van der Waals surface area contributed by atoms with Crippen LogP contribution in [0.15, 0.2) is 57.0 Å². The molecule has 0 saturated carbocycles. The molecular weight excluding hydrogens is 420 g/mol. The quantitative estimate of drug-likeness (QED) is 0.371.